The Hall–Kier alpha value is -0.0400. The maximum absolute atomic E-state index is 6.54. The van der Waals surface area contributed by atoms with Crippen LogP contribution in [0.2, 0.25) is 0 Å². The van der Waals surface area contributed by atoms with E-state index >= 15 is 0 Å². The van der Waals surface area contributed by atoms with Crippen LogP contribution in [-0.2, 0) is 0 Å². The molecule has 0 amide bonds. The molecule has 2 unspecified atom stereocenters. The number of nitrogens with two attached hydrogens (primary N) is 1. The van der Waals surface area contributed by atoms with Crippen LogP contribution in [0, 0.1) is 45.3 Å². The lowest BCUT2D eigenvalue weighted by atomic mass is 9.51. The van der Waals surface area contributed by atoms with Gasteiger partial charge in [0.2, 0.25) is 0 Å². The second kappa shape index (κ2) is 9.44. The minimum atomic E-state index is -0.108. The summed E-state index contributed by atoms with van der Waals surface area (Å²) in [5.74, 6) is 2.87. The predicted molar refractivity (Wildman–Crippen MR) is 137 cm³/mol. The van der Waals surface area contributed by atoms with Crippen molar-refractivity contribution < 1.29 is 0 Å². The van der Waals surface area contributed by atoms with Crippen LogP contribution in [0.1, 0.15) is 135 Å². The zero-order chi connectivity index (χ0) is 23.8. The van der Waals surface area contributed by atoms with E-state index in [4.69, 9.17) is 5.73 Å². The lowest BCUT2D eigenvalue weighted by Crippen LogP contribution is -2.49. The van der Waals surface area contributed by atoms with Crippen molar-refractivity contribution in [3.8, 4) is 0 Å². The van der Waals surface area contributed by atoms with Crippen molar-refractivity contribution in [3.05, 3.63) is 0 Å². The van der Waals surface area contributed by atoms with E-state index in [1.807, 2.05) is 0 Å². The monoisotopic (exact) mass is 421 g/mol. The molecular formula is C29H59N. The standard InChI is InChI=1S/C29H59N/c1-14-25(4,5)28(10,11)21(2)26(6,7)23-17-15-19-24(20-16-18-23)27(8,9)22(3)29(12,13)30/h21-24H,14-20,30H2,1-13H3. The Balaban J connectivity index is 2.93. The molecule has 2 atom stereocenters. The Morgan fingerprint density at radius 3 is 1.30 bits per heavy atom. The van der Waals surface area contributed by atoms with Crippen LogP contribution in [0.15, 0.2) is 0 Å². The SMILES string of the molecule is CCC(C)(C)C(C)(C)C(C)C(C)(C)C1CCCC(C(C)(C)C(C)C(C)(C)N)CCC1. The van der Waals surface area contributed by atoms with Crippen molar-refractivity contribution in [1.82, 2.24) is 0 Å². The first-order chi connectivity index (χ1) is 13.3. The number of rotatable bonds is 8. The summed E-state index contributed by atoms with van der Waals surface area (Å²) in [4.78, 5) is 0. The zero-order valence-electron chi connectivity index (χ0n) is 23.3. The molecule has 1 fully saturated rings. The summed E-state index contributed by atoms with van der Waals surface area (Å²) in [7, 11) is 0. The summed E-state index contributed by atoms with van der Waals surface area (Å²) >= 11 is 0. The Kier molecular flexibility index (Phi) is 8.81. The first-order valence-corrected chi connectivity index (χ1v) is 13.1. The summed E-state index contributed by atoms with van der Waals surface area (Å²) in [5, 5.41) is 0. The molecule has 0 aliphatic heterocycles. The summed E-state index contributed by atoms with van der Waals surface area (Å²) < 4.78 is 0. The third kappa shape index (κ3) is 5.65. The van der Waals surface area contributed by atoms with E-state index < -0.39 is 0 Å². The first-order valence-electron chi connectivity index (χ1n) is 13.1. The smallest absolute Gasteiger partial charge is 0.0128 e. The molecule has 1 nitrogen and oxygen atoms in total. The molecule has 0 aromatic rings. The van der Waals surface area contributed by atoms with Gasteiger partial charge in [-0.25, -0.2) is 0 Å². The van der Waals surface area contributed by atoms with E-state index in [-0.39, 0.29) is 5.54 Å². The molecule has 2 N–H and O–H groups in total. The van der Waals surface area contributed by atoms with E-state index in [2.05, 4.69) is 90.0 Å². The van der Waals surface area contributed by atoms with Gasteiger partial charge in [0.25, 0.3) is 0 Å². The van der Waals surface area contributed by atoms with Crippen molar-refractivity contribution in [2.45, 2.75) is 140 Å². The highest BCUT2D eigenvalue weighted by atomic mass is 14.7. The molecule has 0 heterocycles. The van der Waals surface area contributed by atoms with E-state index in [1.165, 1.54) is 44.9 Å². The van der Waals surface area contributed by atoms with Crippen molar-refractivity contribution >= 4 is 0 Å². The summed E-state index contributed by atoms with van der Waals surface area (Å²) in [6.07, 6.45) is 9.54. The first kappa shape index (κ1) is 28.0. The zero-order valence-corrected chi connectivity index (χ0v) is 23.3. The van der Waals surface area contributed by atoms with Gasteiger partial charge in [-0.1, -0.05) is 95.4 Å². The van der Waals surface area contributed by atoms with E-state index in [0.717, 1.165) is 11.8 Å². The van der Waals surface area contributed by atoms with Crippen molar-refractivity contribution in [2.24, 2.45) is 51.1 Å². The van der Waals surface area contributed by atoms with E-state index in [9.17, 15) is 0 Å². The van der Waals surface area contributed by atoms with Crippen molar-refractivity contribution in [1.29, 1.82) is 0 Å². The molecule has 0 radical (unpaired) electrons. The average molecular weight is 422 g/mol. The van der Waals surface area contributed by atoms with Gasteiger partial charge in [-0.15, -0.1) is 0 Å². The average Bonchev–Trinajstić information content (AvgIpc) is 2.58. The second-order valence-corrected chi connectivity index (χ2v) is 14.1. The van der Waals surface area contributed by atoms with Crippen molar-refractivity contribution in [3.63, 3.8) is 0 Å². The molecule has 0 aromatic carbocycles. The molecule has 1 heteroatoms. The molecule has 1 aliphatic carbocycles. The molecule has 180 valence electrons. The normalized spacial score (nSPS) is 25.4. The highest BCUT2D eigenvalue weighted by Crippen LogP contribution is 2.56. The Labute approximate surface area is 191 Å². The molecule has 30 heavy (non-hydrogen) atoms. The third-order valence-corrected chi connectivity index (χ3v) is 11.4. The van der Waals surface area contributed by atoms with Crippen LogP contribution in [0.4, 0.5) is 0 Å². The number of hydrogen-bond acceptors (Lipinski definition) is 1. The van der Waals surface area contributed by atoms with Gasteiger partial charge >= 0.3 is 0 Å². The predicted octanol–water partition coefficient (Wildman–Crippen LogP) is 9.10. The summed E-state index contributed by atoms with van der Waals surface area (Å²) in [6.45, 7) is 31.9. The highest BCUT2D eigenvalue weighted by molar-refractivity contribution is 4.98. The van der Waals surface area contributed by atoms with E-state index in [0.29, 0.717) is 33.5 Å². The maximum Gasteiger partial charge on any atom is 0.0128 e. The van der Waals surface area contributed by atoms with Crippen LogP contribution >= 0.6 is 0 Å². The lowest BCUT2D eigenvalue weighted by molar-refractivity contribution is -0.0504. The van der Waals surface area contributed by atoms with Gasteiger partial charge in [-0.2, -0.15) is 0 Å². The molecule has 1 saturated carbocycles. The van der Waals surface area contributed by atoms with Crippen LogP contribution < -0.4 is 5.73 Å². The molecule has 0 aromatic heterocycles. The number of hydrogen-bond donors (Lipinski definition) is 1. The minimum absolute atomic E-state index is 0.108. The van der Waals surface area contributed by atoms with Crippen LogP contribution in [-0.4, -0.2) is 5.54 Å². The third-order valence-electron chi connectivity index (χ3n) is 11.4. The Morgan fingerprint density at radius 1 is 0.667 bits per heavy atom. The summed E-state index contributed by atoms with van der Waals surface area (Å²) in [6, 6.07) is 0. The van der Waals surface area contributed by atoms with Crippen LogP contribution in [0.5, 0.6) is 0 Å². The van der Waals surface area contributed by atoms with Gasteiger partial charge in [0, 0.05) is 5.54 Å². The molecular weight excluding hydrogens is 362 g/mol. The lowest BCUT2D eigenvalue weighted by Gasteiger charge is -2.54. The largest absolute Gasteiger partial charge is 0.325 e. The molecule has 1 aliphatic rings. The van der Waals surface area contributed by atoms with Gasteiger partial charge in [0.05, 0.1) is 0 Å². The van der Waals surface area contributed by atoms with Crippen LogP contribution in [0.25, 0.3) is 0 Å². The highest BCUT2D eigenvalue weighted by Gasteiger charge is 2.48. The fourth-order valence-corrected chi connectivity index (χ4v) is 6.64. The molecule has 0 bridgehead atoms. The summed E-state index contributed by atoms with van der Waals surface area (Å²) in [5.41, 5.74) is 7.82. The van der Waals surface area contributed by atoms with Gasteiger partial charge in [0.15, 0.2) is 0 Å². The minimum Gasteiger partial charge on any atom is -0.325 e. The topological polar surface area (TPSA) is 26.0 Å². The quantitative estimate of drug-likeness (QED) is 0.415. The molecule has 1 rings (SSSR count). The fourth-order valence-electron chi connectivity index (χ4n) is 6.64. The van der Waals surface area contributed by atoms with Gasteiger partial charge in [-0.05, 0) is 84.9 Å². The maximum atomic E-state index is 6.54. The van der Waals surface area contributed by atoms with Crippen LogP contribution in [0.3, 0.4) is 0 Å². The Morgan fingerprint density at radius 2 is 1.00 bits per heavy atom. The van der Waals surface area contributed by atoms with Gasteiger partial charge in [0.1, 0.15) is 0 Å². The van der Waals surface area contributed by atoms with Gasteiger partial charge < -0.3 is 5.73 Å². The van der Waals surface area contributed by atoms with Gasteiger partial charge in [-0.3, -0.25) is 0 Å². The molecule has 0 saturated heterocycles. The molecule has 0 spiro atoms. The van der Waals surface area contributed by atoms with Crippen molar-refractivity contribution in [2.75, 3.05) is 0 Å². The Bertz CT molecular complexity index is 521. The van der Waals surface area contributed by atoms with E-state index in [1.54, 1.807) is 0 Å². The fraction of sp³-hybridized carbons (Fsp3) is 1.00. The second-order valence-electron chi connectivity index (χ2n) is 14.1.